The fourth-order valence-electron chi connectivity index (χ4n) is 1.42. The number of methoxy groups -OCH3 is 1. The Hall–Kier alpha value is -1.13. The summed E-state index contributed by atoms with van der Waals surface area (Å²) in [5, 5.41) is 3.22. The number of aromatic nitrogens is 1. The summed E-state index contributed by atoms with van der Waals surface area (Å²) in [5.74, 6) is 0.983. The van der Waals surface area contributed by atoms with Crippen molar-refractivity contribution in [3.05, 3.63) is 23.9 Å². The molecule has 1 aromatic rings. The van der Waals surface area contributed by atoms with Crippen LogP contribution in [0.2, 0.25) is 0 Å². The van der Waals surface area contributed by atoms with Crippen LogP contribution in [0.15, 0.2) is 18.3 Å². The highest BCUT2D eigenvalue weighted by atomic mass is 16.5. The highest BCUT2D eigenvalue weighted by molar-refractivity contribution is 5.40. The zero-order valence-electron chi connectivity index (χ0n) is 10.5. The number of hydrogen-bond acceptors (Lipinski definition) is 4. The number of ether oxygens (including phenoxy) is 1. The van der Waals surface area contributed by atoms with Gasteiger partial charge in [0.15, 0.2) is 0 Å². The lowest BCUT2D eigenvalue weighted by Crippen LogP contribution is -2.23. The Balaban J connectivity index is 2.73. The number of likely N-dealkylation sites (N-methyl/N-ethyl adjacent to an activating group) is 1. The number of hydrogen-bond donors (Lipinski definition) is 1. The van der Waals surface area contributed by atoms with E-state index in [0.717, 1.165) is 12.4 Å². The maximum Gasteiger partial charge on any atom is 0.128 e. The van der Waals surface area contributed by atoms with Crippen molar-refractivity contribution in [2.24, 2.45) is 0 Å². The zero-order valence-corrected chi connectivity index (χ0v) is 10.5. The van der Waals surface area contributed by atoms with Gasteiger partial charge in [-0.25, -0.2) is 4.98 Å². The van der Waals surface area contributed by atoms with Crippen LogP contribution in [0.4, 0.5) is 5.82 Å². The quantitative estimate of drug-likeness (QED) is 0.792. The van der Waals surface area contributed by atoms with E-state index in [4.69, 9.17) is 4.74 Å². The zero-order chi connectivity index (χ0) is 12.0. The predicted octanol–water partition coefficient (Wildman–Crippen LogP) is 1.44. The van der Waals surface area contributed by atoms with Crippen LogP contribution in [-0.4, -0.2) is 39.3 Å². The van der Waals surface area contributed by atoms with E-state index in [-0.39, 0.29) is 0 Å². The molecule has 0 aliphatic rings. The van der Waals surface area contributed by atoms with Gasteiger partial charge in [-0.05, 0) is 31.7 Å². The maximum absolute atomic E-state index is 5.05. The minimum absolute atomic E-state index is 0.345. The molecule has 16 heavy (non-hydrogen) atoms. The van der Waals surface area contributed by atoms with Crippen molar-refractivity contribution in [2.75, 3.05) is 39.3 Å². The third-order valence-electron chi connectivity index (χ3n) is 2.72. The fourth-order valence-corrected chi connectivity index (χ4v) is 1.42. The van der Waals surface area contributed by atoms with Gasteiger partial charge in [-0.2, -0.15) is 0 Å². The molecule has 0 aromatic carbocycles. The Labute approximate surface area is 97.6 Å². The van der Waals surface area contributed by atoms with Crippen molar-refractivity contribution in [1.29, 1.82) is 0 Å². The van der Waals surface area contributed by atoms with Gasteiger partial charge in [0.2, 0.25) is 0 Å². The Kier molecular flexibility index (Phi) is 5.22. The van der Waals surface area contributed by atoms with Gasteiger partial charge in [-0.1, -0.05) is 0 Å². The number of rotatable bonds is 6. The van der Waals surface area contributed by atoms with Gasteiger partial charge in [0.05, 0.1) is 6.61 Å². The monoisotopic (exact) mass is 223 g/mol. The normalized spacial score (nSPS) is 12.5. The lowest BCUT2D eigenvalue weighted by Gasteiger charge is -2.19. The molecule has 0 saturated carbocycles. The topological polar surface area (TPSA) is 37.4 Å². The molecule has 1 heterocycles. The molecule has 0 aliphatic heterocycles. The third-order valence-corrected chi connectivity index (χ3v) is 2.72. The molecule has 4 nitrogen and oxygen atoms in total. The molecule has 1 unspecified atom stereocenters. The van der Waals surface area contributed by atoms with E-state index in [1.54, 1.807) is 7.11 Å². The second-order valence-corrected chi connectivity index (χ2v) is 3.87. The average molecular weight is 223 g/mol. The Morgan fingerprint density at radius 3 is 2.94 bits per heavy atom. The molecule has 0 bridgehead atoms. The van der Waals surface area contributed by atoms with Gasteiger partial charge in [0.1, 0.15) is 5.82 Å². The van der Waals surface area contributed by atoms with Crippen molar-refractivity contribution in [3.63, 3.8) is 0 Å². The minimum Gasteiger partial charge on any atom is -0.383 e. The third kappa shape index (κ3) is 3.47. The molecular formula is C12H21N3O. The first-order chi connectivity index (χ1) is 7.69. The van der Waals surface area contributed by atoms with Gasteiger partial charge in [0, 0.05) is 32.9 Å². The fraction of sp³-hybridized carbons (Fsp3) is 0.583. The summed E-state index contributed by atoms with van der Waals surface area (Å²) >= 11 is 0. The molecule has 1 rings (SSSR count). The van der Waals surface area contributed by atoms with Gasteiger partial charge in [-0.3, -0.25) is 0 Å². The van der Waals surface area contributed by atoms with Crippen LogP contribution in [0.3, 0.4) is 0 Å². The van der Waals surface area contributed by atoms with E-state index in [1.807, 2.05) is 26.4 Å². The van der Waals surface area contributed by atoms with Crippen LogP contribution < -0.4 is 10.2 Å². The second-order valence-electron chi connectivity index (χ2n) is 3.87. The number of pyridine rings is 1. The van der Waals surface area contributed by atoms with E-state index in [1.165, 1.54) is 5.56 Å². The molecule has 0 aliphatic carbocycles. The SMILES string of the molecule is CNC(C)c1ccnc(N(C)CCOC)c1. The van der Waals surface area contributed by atoms with Crippen LogP contribution in [0.5, 0.6) is 0 Å². The summed E-state index contributed by atoms with van der Waals surface area (Å²) in [7, 11) is 5.69. The summed E-state index contributed by atoms with van der Waals surface area (Å²) in [6, 6.07) is 4.49. The van der Waals surface area contributed by atoms with Gasteiger partial charge in [0.25, 0.3) is 0 Å². The molecule has 0 fully saturated rings. The number of anilines is 1. The van der Waals surface area contributed by atoms with Crippen LogP contribution in [0, 0.1) is 0 Å². The van der Waals surface area contributed by atoms with Crippen LogP contribution in [-0.2, 0) is 4.74 Å². The molecular weight excluding hydrogens is 202 g/mol. The lowest BCUT2D eigenvalue weighted by molar-refractivity contribution is 0.206. The first kappa shape index (κ1) is 12.9. The van der Waals surface area contributed by atoms with E-state index in [0.29, 0.717) is 12.6 Å². The molecule has 4 heteroatoms. The predicted molar refractivity (Wildman–Crippen MR) is 66.9 cm³/mol. The van der Waals surface area contributed by atoms with Crippen molar-refractivity contribution in [3.8, 4) is 0 Å². The summed E-state index contributed by atoms with van der Waals surface area (Å²) in [6.07, 6.45) is 1.85. The van der Waals surface area contributed by atoms with Crippen molar-refractivity contribution in [1.82, 2.24) is 10.3 Å². The van der Waals surface area contributed by atoms with Crippen LogP contribution in [0.25, 0.3) is 0 Å². The van der Waals surface area contributed by atoms with Crippen molar-refractivity contribution < 1.29 is 4.74 Å². The summed E-state index contributed by atoms with van der Waals surface area (Å²) < 4.78 is 5.05. The molecule has 1 aromatic heterocycles. The molecule has 0 radical (unpaired) electrons. The molecule has 0 saturated heterocycles. The first-order valence-electron chi connectivity index (χ1n) is 5.52. The summed E-state index contributed by atoms with van der Waals surface area (Å²) in [6.45, 7) is 3.69. The lowest BCUT2D eigenvalue weighted by atomic mass is 10.1. The standard InChI is InChI=1S/C12H21N3O/c1-10(13-2)11-5-6-14-12(9-11)15(3)7-8-16-4/h5-6,9-10,13H,7-8H2,1-4H3. The molecule has 90 valence electrons. The van der Waals surface area contributed by atoms with Gasteiger partial charge < -0.3 is 15.0 Å². The number of nitrogens with one attached hydrogen (secondary N) is 1. The highest BCUT2D eigenvalue weighted by Gasteiger charge is 2.06. The molecule has 1 atom stereocenters. The van der Waals surface area contributed by atoms with E-state index in [2.05, 4.69) is 28.2 Å². The van der Waals surface area contributed by atoms with Crippen molar-refractivity contribution >= 4 is 5.82 Å². The highest BCUT2D eigenvalue weighted by Crippen LogP contribution is 2.16. The maximum atomic E-state index is 5.05. The smallest absolute Gasteiger partial charge is 0.128 e. The Morgan fingerprint density at radius 1 is 1.56 bits per heavy atom. The second kappa shape index (κ2) is 6.45. The first-order valence-corrected chi connectivity index (χ1v) is 5.52. The van der Waals surface area contributed by atoms with E-state index in [9.17, 15) is 0 Å². The molecule has 0 spiro atoms. The summed E-state index contributed by atoms with van der Waals surface area (Å²) in [5.41, 5.74) is 1.25. The molecule has 0 amide bonds. The minimum atomic E-state index is 0.345. The van der Waals surface area contributed by atoms with Crippen molar-refractivity contribution in [2.45, 2.75) is 13.0 Å². The van der Waals surface area contributed by atoms with Gasteiger partial charge in [-0.15, -0.1) is 0 Å². The molecule has 1 N–H and O–H groups in total. The number of nitrogens with zero attached hydrogens (tertiary/aromatic N) is 2. The van der Waals surface area contributed by atoms with Crippen LogP contribution >= 0.6 is 0 Å². The van der Waals surface area contributed by atoms with E-state index < -0.39 is 0 Å². The average Bonchev–Trinajstić information content (AvgIpc) is 2.35. The largest absolute Gasteiger partial charge is 0.383 e. The Bertz CT molecular complexity index is 317. The van der Waals surface area contributed by atoms with Crippen LogP contribution in [0.1, 0.15) is 18.5 Å². The Morgan fingerprint density at radius 2 is 2.31 bits per heavy atom. The summed E-state index contributed by atoms with van der Waals surface area (Å²) in [4.78, 5) is 6.44. The van der Waals surface area contributed by atoms with E-state index >= 15 is 0 Å². The van der Waals surface area contributed by atoms with Gasteiger partial charge >= 0.3 is 0 Å².